The van der Waals surface area contributed by atoms with Gasteiger partial charge in [0, 0.05) is 12.5 Å². The molecule has 4 N–H and O–H groups in total. The minimum atomic E-state index is -0.530. The molecule has 21 heavy (non-hydrogen) atoms. The van der Waals surface area contributed by atoms with E-state index in [1.165, 1.54) is 0 Å². The largest absolute Gasteiger partial charge is 0.393 e. The number of aliphatic hydroxyl groups excluding tert-OH is 1. The number of carbonyl (C=O) groups is 1. The van der Waals surface area contributed by atoms with Crippen LogP contribution in [0.5, 0.6) is 0 Å². The van der Waals surface area contributed by atoms with Crippen LogP contribution in [0.2, 0.25) is 0 Å². The normalized spacial score (nSPS) is 23.0. The lowest BCUT2D eigenvalue weighted by molar-refractivity contribution is -0.122. The lowest BCUT2D eigenvalue weighted by atomic mass is 9.86. The maximum atomic E-state index is 12.0. The molecule has 3 atom stereocenters. The van der Waals surface area contributed by atoms with Gasteiger partial charge in [-0.1, -0.05) is 43.2 Å². The molecular weight excluding hydrogens is 288 g/mol. The van der Waals surface area contributed by atoms with Gasteiger partial charge in [0.1, 0.15) is 0 Å². The highest BCUT2D eigenvalue weighted by atomic mass is 35.5. The van der Waals surface area contributed by atoms with Crippen LogP contribution in [-0.4, -0.2) is 29.7 Å². The molecule has 0 bridgehead atoms. The van der Waals surface area contributed by atoms with Gasteiger partial charge in [0.25, 0.3) is 0 Å². The lowest BCUT2D eigenvalue weighted by Gasteiger charge is -2.28. The highest BCUT2D eigenvalue weighted by Gasteiger charge is 2.24. The van der Waals surface area contributed by atoms with Crippen molar-refractivity contribution in [3.63, 3.8) is 0 Å². The van der Waals surface area contributed by atoms with Crippen molar-refractivity contribution in [3.05, 3.63) is 35.9 Å². The van der Waals surface area contributed by atoms with Crippen molar-refractivity contribution < 1.29 is 9.90 Å². The average Bonchev–Trinajstić information content (AvgIpc) is 2.47. The molecule has 1 aromatic carbocycles. The van der Waals surface area contributed by atoms with Crippen LogP contribution in [0, 0.1) is 5.92 Å². The summed E-state index contributed by atoms with van der Waals surface area (Å²) in [4.78, 5) is 12.0. The number of amides is 1. The van der Waals surface area contributed by atoms with Crippen LogP contribution in [-0.2, 0) is 11.2 Å². The molecule has 2 rings (SSSR count). The molecule has 1 aliphatic carbocycles. The topological polar surface area (TPSA) is 75.4 Å². The molecule has 0 saturated heterocycles. The zero-order chi connectivity index (χ0) is 14.4. The number of rotatable bonds is 5. The lowest BCUT2D eigenvalue weighted by Crippen LogP contribution is -2.45. The fraction of sp³-hybridized carbons (Fsp3) is 0.562. The predicted molar refractivity (Wildman–Crippen MR) is 86.3 cm³/mol. The van der Waals surface area contributed by atoms with Crippen molar-refractivity contribution in [1.82, 2.24) is 5.32 Å². The maximum Gasteiger partial charge on any atom is 0.237 e. The van der Waals surface area contributed by atoms with Gasteiger partial charge in [-0.3, -0.25) is 4.79 Å². The Bertz CT molecular complexity index is 428. The molecule has 0 heterocycles. The summed E-state index contributed by atoms with van der Waals surface area (Å²) in [7, 11) is 0. The van der Waals surface area contributed by atoms with Gasteiger partial charge in [0.05, 0.1) is 12.1 Å². The first kappa shape index (κ1) is 18.0. The molecule has 3 unspecified atom stereocenters. The van der Waals surface area contributed by atoms with Gasteiger partial charge >= 0.3 is 0 Å². The zero-order valence-corrected chi connectivity index (χ0v) is 13.0. The third-order valence-electron chi connectivity index (χ3n) is 4.04. The van der Waals surface area contributed by atoms with Gasteiger partial charge < -0.3 is 16.2 Å². The van der Waals surface area contributed by atoms with E-state index in [2.05, 4.69) is 5.32 Å². The van der Waals surface area contributed by atoms with Crippen LogP contribution in [0.4, 0.5) is 0 Å². The molecule has 1 saturated carbocycles. The Labute approximate surface area is 132 Å². The number of nitrogens with two attached hydrogens (primary N) is 1. The van der Waals surface area contributed by atoms with Crippen LogP contribution in [0.3, 0.4) is 0 Å². The first-order valence-electron chi connectivity index (χ1n) is 7.42. The molecule has 1 amide bonds. The number of nitrogens with one attached hydrogen (secondary N) is 1. The van der Waals surface area contributed by atoms with E-state index in [-0.39, 0.29) is 30.3 Å². The smallest absolute Gasteiger partial charge is 0.237 e. The van der Waals surface area contributed by atoms with E-state index in [0.29, 0.717) is 13.0 Å². The summed E-state index contributed by atoms with van der Waals surface area (Å²) in [5.74, 6) is 0.0447. The Balaban J connectivity index is 0.00000220. The molecule has 0 aliphatic heterocycles. The third kappa shape index (κ3) is 5.65. The molecule has 4 nitrogen and oxygen atoms in total. The number of hydrogen-bond donors (Lipinski definition) is 3. The second-order valence-electron chi connectivity index (χ2n) is 5.65. The molecule has 0 aromatic heterocycles. The van der Waals surface area contributed by atoms with E-state index in [1.54, 1.807) is 0 Å². The molecule has 1 aromatic rings. The first-order valence-corrected chi connectivity index (χ1v) is 7.42. The number of halogens is 1. The predicted octanol–water partition coefficient (Wildman–Crippen LogP) is 1.65. The fourth-order valence-electron chi connectivity index (χ4n) is 2.75. The van der Waals surface area contributed by atoms with Gasteiger partial charge in [-0.25, -0.2) is 0 Å². The second kappa shape index (κ2) is 9.03. The van der Waals surface area contributed by atoms with Crippen molar-refractivity contribution in [2.45, 2.75) is 44.2 Å². The second-order valence-corrected chi connectivity index (χ2v) is 5.65. The fourth-order valence-corrected chi connectivity index (χ4v) is 2.75. The number of carbonyl (C=O) groups excluding carboxylic acids is 1. The van der Waals surface area contributed by atoms with Gasteiger partial charge in [0.15, 0.2) is 0 Å². The van der Waals surface area contributed by atoms with Crippen molar-refractivity contribution >= 4 is 18.3 Å². The van der Waals surface area contributed by atoms with Crippen LogP contribution in [0.15, 0.2) is 30.3 Å². The Kier molecular flexibility index (Phi) is 7.72. The van der Waals surface area contributed by atoms with Gasteiger partial charge in [-0.05, 0) is 24.8 Å². The third-order valence-corrected chi connectivity index (χ3v) is 4.04. The highest BCUT2D eigenvalue weighted by Crippen LogP contribution is 2.23. The summed E-state index contributed by atoms with van der Waals surface area (Å²) < 4.78 is 0. The van der Waals surface area contributed by atoms with Crippen LogP contribution < -0.4 is 11.1 Å². The van der Waals surface area contributed by atoms with E-state index in [4.69, 9.17) is 5.73 Å². The minimum Gasteiger partial charge on any atom is -0.393 e. The van der Waals surface area contributed by atoms with Crippen molar-refractivity contribution in [3.8, 4) is 0 Å². The Morgan fingerprint density at radius 1 is 1.29 bits per heavy atom. The SMILES string of the molecule is Cl.NC(Cc1ccccc1)C(=O)NCC1CCCCC1O. The summed E-state index contributed by atoms with van der Waals surface area (Å²) in [5, 5.41) is 12.8. The summed E-state index contributed by atoms with van der Waals surface area (Å²) in [6.45, 7) is 0.530. The standard InChI is InChI=1S/C16H24N2O2.ClH/c17-14(10-12-6-2-1-3-7-12)16(20)18-11-13-8-4-5-9-15(13)19;/h1-3,6-7,13-15,19H,4-5,8-11,17H2,(H,18,20);1H. The van der Waals surface area contributed by atoms with E-state index >= 15 is 0 Å². The van der Waals surface area contributed by atoms with Crippen LogP contribution >= 0.6 is 12.4 Å². The Morgan fingerprint density at radius 2 is 1.95 bits per heavy atom. The Hall–Kier alpha value is -1.10. The van der Waals surface area contributed by atoms with E-state index in [9.17, 15) is 9.90 Å². The van der Waals surface area contributed by atoms with Gasteiger partial charge in [0.2, 0.25) is 5.91 Å². The van der Waals surface area contributed by atoms with Gasteiger partial charge in [-0.2, -0.15) is 0 Å². The van der Waals surface area contributed by atoms with Crippen LogP contribution in [0.25, 0.3) is 0 Å². The molecular formula is C16H25ClN2O2. The zero-order valence-electron chi connectivity index (χ0n) is 12.2. The average molecular weight is 313 g/mol. The molecule has 0 radical (unpaired) electrons. The van der Waals surface area contributed by atoms with E-state index in [1.807, 2.05) is 30.3 Å². The first-order chi connectivity index (χ1) is 9.66. The van der Waals surface area contributed by atoms with Gasteiger partial charge in [-0.15, -0.1) is 12.4 Å². The number of aliphatic hydroxyl groups is 1. The quantitative estimate of drug-likeness (QED) is 0.774. The maximum absolute atomic E-state index is 12.0. The van der Waals surface area contributed by atoms with Crippen molar-refractivity contribution in [2.24, 2.45) is 11.7 Å². The molecule has 1 aliphatic rings. The van der Waals surface area contributed by atoms with Crippen LogP contribution in [0.1, 0.15) is 31.2 Å². The summed E-state index contributed by atoms with van der Waals surface area (Å²) in [6, 6.07) is 9.24. The monoisotopic (exact) mass is 312 g/mol. The van der Waals surface area contributed by atoms with Crippen molar-refractivity contribution in [1.29, 1.82) is 0 Å². The minimum absolute atomic E-state index is 0. The number of hydrogen-bond acceptors (Lipinski definition) is 3. The molecule has 118 valence electrons. The van der Waals surface area contributed by atoms with Crippen molar-refractivity contribution in [2.75, 3.05) is 6.54 Å². The van der Waals surface area contributed by atoms with E-state index in [0.717, 1.165) is 31.2 Å². The van der Waals surface area contributed by atoms with E-state index < -0.39 is 6.04 Å². The number of benzene rings is 1. The highest BCUT2D eigenvalue weighted by molar-refractivity contribution is 5.85. The molecule has 0 spiro atoms. The summed E-state index contributed by atoms with van der Waals surface area (Å²) in [6.07, 6.45) is 4.30. The summed E-state index contributed by atoms with van der Waals surface area (Å²) >= 11 is 0. The molecule has 5 heteroatoms. The Morgan fingerprint density at radius 3 is 2.62 bits per heavy atom. The molecule has 1 fully saturated rings. The summed E-state index contributed by atoms with van der Waals surface area (Å²) in [5.41, 5.74) is 6.99.